The van der Waals surface area contributed by atoms with Crippen molar-refractivity contribution in [3.05, 3.63) is 47.5 Å². The van der Waals surface area contributed by atoms with Crippen molar-refractivity contribution in [2.75, 3.05) is 5.73 Å². The number of pyridine rings is 1. The lowest BCUT2D eigenvalue weighted by Gasteiger charge is -2.04. The van der Waals surface area contributed by atoms with Crippen LogP contribution in [0.1, 0.15) is 5.56 Å². The average Bonchev–Trinajstić information content (AvgIpc) is 2.29. The first-order valence-electron chi connectivity index (χ1n) is 4.74. The number of anilines is 1. The summed E-state index contributed by atoms with van der Waals surface area (Å²) in [5.41, 5.74) is 6.14. The number of aromatic nitrogens is 1. The minimum absolute atomic E-state index is 0.0220. The maximum absolute atomic E-state index is 13.5. The molecule has 1 heterocycles. The Labute approximate surface area is 96.1 Å². The molecule has 2 aromatic rings. The van der Waals surface area contributed by atoms with Crippen molar-refractivity contribution in [1.29, 1.82) is 5.26 Å². The van der Waals surface area contributed by atoms with Crippen molar-refractivity contribution in [3.8, 4) is 17.3 Å². The third-order valence-corrected chi connectivity index (χ3v) is 2.25. The van der Waals surface area contributed by atoms with Gasteiger partial charge in [0, 0.05) is 11.6 Å². The van der Waals surface area contributed by atoms with Gasteiger partial charge in [0.1, 0.15) is 23.5 Å². The van der Waals surface area contributed by atoms with Crippen LogP contribution >= 0.6 is 0 Å². The van der Waals surface area contributed by atoms with E-state index in [9.17, 15) is 8.78 Å². The Morgan fingerprint density at radius 3 is 2.53 bits per heavy atom. The van der Waals surface area contributed by atoms with E-state index in [1.807, 2.05) is 6.07 Å². The standard InChI is InChI=1S/C12H7F2N3/c13-8-2-3-9(10(14)5-8)11-4-1-7(6-15)12(16)17-11/h1-5H,(H2,16,17). The van der Waals surface area contributed by atoms with Crippen LogP contribution in [-0.4, -0.2) is 4.98 Å². The normalized spacial score (nSPS) is 9.94. The summed E-state index contributed by atoms with van der Waals surface area (Å²) in [6, 6.07) is 7.94. The number of nitrogens with zero attached hydrogens (tertiary/aromatic N) is 2. The summed E-state index contributed by atoms with van der Waals surface area (Å²) in [6.45, 7) is 0. The van der Waals surface area contributed by atoms with E-state index in [2.05, 4.69) is 4.98 Å². The van der Waals surface area contributed by atoms with Crippen molar-refractivity contribution in [2.45, 2.75) is 0 Å². The molecule has 0 bridgehead atoms. The molecule has 0 amide bonds. The van der Waals surface area contributed by atoms with Gasteiger partial charge in [0.05, 0.1) is 11.3 Å². The van der Waals surface area contributed by atoms with Gasteiger partial charge in [0.2, 0.25) is 0 Å². The first kappa shape index (κ1) is 11.0. The van der Waals surface area contributed by atoms with Crippen LogP contribution in [0.15, 0.2) is 30.3 Å². The monoisotopic (exact) mass is 231 g/mol. The molecule has 2 N–H and O–H groups in total. The van der Waals surface area contributed by atoms with E-state index in [1.165, 1.54) is 18.2 Å². The van der Waals surface area contributed by atoms with E-state index in [4.69, 9.17) is 11.0 Å². The Morgan fingerprint density at radius 2 is 1.94 bits per heavy atom. The van der Waals surface area contributed by atoms with Crippen molar-refractivity contribution in [3.63, 3.8) is 0 Å². The molecule has 3 nitrogen and oxygen atoms in total. The van der Waals surface area contributed by atoms with Crippen LogP contribution in [-0.2, 0) is 0 Å². The van der Waals surface area contributed by atoms with Crippen LogP contribution in [0.2, 0.25) is 0 Å². The average molecular weight is 231 g/mol. The fourth-order valence-corrected chi connectivity index (χ4v) is 1.42. The Morgan fingerprint density at radius 1 is 1.18 bits per heavy atom. The molecule has 0 saturated carbocycles. The van der Waals surface area contributed by atoms with E-state index < -0.39 is 11.6 Å². The highest BCUT2D eigenvalue weighted by Crippen LogP contribution is 2.23. The van der Waals surface area contributed by atoms with E-state index in [1.54, 1.807) is 0 Å². The summed E-state index contributed by atoms with van der Waals surface area (Å²) >= 11 is 0. The first-order chi connectivity index (χ1) is 8.11. The van der Waals surface area contributed by atoms with Gasteiger partial charge in [0.25, 0.3) is 0 Å². The highest BCUT2D eigenvalue weighted by atomic mass is 19.1. The number of nitriles is 1. The van der Waals surface area contributed by atoms with E-state index in [-0.39, 0.29) is 22.6 Å². The number of hydrogen-bond donors (Lipinski definition) is 1. The quantitative estimate of drug-likeness (QED) is 0.820. The molecule has 0 fully saturated rings. The van der Waals surface area contributed by atoms with E-state index in [0.717, 1.165) is 12.1 Å². The Bertz CT molecular complexity index is 618. The smallest absolute Gasteiger partial charge is 0.142 e. The van der Waals surface area contributed by atoms with Crippen molar-refractivity contribution >= 4 is 5.82 Å². The zero-order valence-electron chi connectivity index (χ0n) is 8.61. The minimum atomic E-state index is -0.721. The third-order valence-electron chi connectivity index (χ3n) is 2.25. The second-order valence-corrected chi connectivity index (χ2v) is 3.37. The summed E-state index contributed by atoms with van der Waals surface area (Å²) in [4.78, 5) is 3.90. The van der Waals surface area contributed by atoms with Crippen molar-refractivity contribution in [2.24, 2.45) is 0 Å². The maximum Gasteiger partial charge on any atom is 0.142 e. The number of benzene rings is 1. The van der Waals surface area contributed by atoms with E-state index in [0.29, 0.717) is 0 Å². The lowest BCUT2D eigenvalue weighted by molar-refractivity contribution is 0.585. The second-order valence-electron chi connectivity index (χ2n) is 3.37. The summed E-state index contributed by atoms with van der Waals surface area (Å²) in [7, 11) is 0. The zero-order chi connectivity index (χ0) is 12.4. The predicted octanol–water partition coefficient (Wildman–Crippen LogP) is 2.48. The van der Waals surface area contributed by atoms with Gasteiger partial charge in [0.15, 0.2) is 0 Å². The second kappa shape index (κ2) is 4.18. The molecule has 0 unspecified atom stereocenters. The Hall–Kier alpha value is -2.48. The number of halogens is 2. The fraction of sp³-hybridized carbons (Fsp3) is 0. The van der Waals surface area contributed by atoms with Gasteiger partial charge >= 0.3 is 0 Å². The lowest BCUT2D eigenvalue weighted by Crippen LogP contribution is -1.97. The third kappa shape index (κ3) is 2.06. The molecule has 0 saturated heterocycles. The number of nitrogens with two attached hydrogens (primary N) is 1. The highest BCUT2D eigenvalue weighted by molar-refractivity contribution is 5.64. The van der Waals surface area contributed by atoms with E-state index >= 15 is 0 Å². The van der Waals surface area contributed by atoms with Crippen LogP contribution in [0.25, 0.3) is 11.3 Å². The maximum atomic E-state index is 13.5. The molecule has 1 aromatic carbocycles. The summed E-state index contributed by atoms with van der Waals surface area (Å²) in [5, 5.41) is 8.68. The Kier molecular flexibility index (Phi) is 2.71. The van der Waals surface area contributed by atoms with Gasteiger partial charge in [-0.3, -0.25) is 0 Å². The van der Waals surface area contributed by atoms with Gasteiger partial charge in [-0.2, -0.15) is 5.26 Å². The molecule has 5 heteroatoms. The minimum Gasteiger partial charge on any atom is -0.383 e. The van der Waals surface area contributed by atoms with Gasteiger partial charge in [-0.25, -0.2) is 13.8 Å². The fourth-order valence-electron chi connectivity index (χ4n) is 1.42. The predicted molar refractivity (Wildman–Crippen MR) is 58.7 cm³/mol. The lowest BCUT2D eigenvalue weighted by atomic mass is 10.1. The van der Waals surface area contributed by atoms with Gasteiger partial charge in [-0.15, -0.1) is 0 Å². The molecule has 17 heavy (non-hydrogen) atoms. The summed E-state index contributed by atoms with van der Waals surface area (Å²) < 4.78 is 26.2. The highest BCUT2D eigenvalue weighted by Gasteiger charge is 2.09. The first-order valence-corrected chi connectivity index (χ1v) is 4.74. The van der Waals surface area contributed by atoms with Gasteiger partial charge in [-0.05, 0) is 24.3 Å². The SMILES string of the molecule is N#Cc1ccc(-c2ccc(F)cc2F)nc1N. The Balaban J connectivity index is 2.54. The number of hydrogen-bond acceptors (Lipinski definition) is 3. The summed E-state index contributed by atoms with van der Waals surface area (Å²) in [5.74, 6) is -1.36. The van der Waals surface area contributed by atoms with Crippen molar-refractivity contribution < 1.29 is 8.78 Å². The van der Waals surface area contributed by atoms with Crippen LogP contribution in [0.5, 0.6) is 0 Å². The van der Waals surface area contributed by atoms with Gasteiger partial charge in [-0.1, -0.05) is 0 Å². The number of rotatable bonds is 1. The molecule has 84 valence electrons. The molecule has 2 rings (SSSR count). The molecular formula is C12H7F2N3. The van der Waals surface area contributed by atoms with Crippen LogP contribution < -0.4 is 5.73 Å². The molecule has 0 spiro atoms. The molecule has 0 aliphatic rings. The molecule has 1 aromatic heterocycles. The number of nitrogen functional groups attached to an aromatic ring is 1. The van der Waals surface area contributed by atoms with Crippen LogP contribution in [0.4, 0.5) is 14.6 Å². The largest absolute Gasteiger partial charge is 0.383 e. The molecular weight excluding hydrogens is 224 g/mol. The van der Waals surface area contributed by atoms with Crippen LogP contribution in [0.3, 0.4) is 0 Å². The molecule has 0 aliphatic carbocycles. The van der Waals surface area contributed by atoms with Crippen LogP contribution in [0, 0.1) is 23.0 Å². The van der Waals surface area contributed by atoms with Crippen molar-refractivity contribution in [1.82, 2.24) is 4.98 Å². The summed E-state index contributed by atoms with van der Waals surface area (Å²) in [6.07, 6.45) is 0. The zero-order valence-corrected chi connectivity index (χ0v) is 8.61. The topological polar surface area (TPSA) is 62.7 Å². The van der Waals surface area contributed by atoms with Gasteiger partial charge < -0.3 is 5.73 Å². The molecule has 0 radical (unpaired) electrons. The molecule has 0 atom stereocenters. The molecule has 0 aliphatic heterocycles.